The largest absolute Gasteiger partial charge is 0.488 e. The number of rotatable bonds is 7. The molecule has 1 aliphatic rings. The highest BCUT2D eigenvalue weighted by molar-refractivity contribution is 7.22. The van der Waals surface area contributed by atoms with E-state index in [2.05, 4.69) is 15.3 Å². The van der Waals surface area contributed by atoms with Crippen molar-refractivity contribution in [2.45, 2.75) is 6.92 Å². The van der Waals surface area contributed by atoms with Crippen LogP contribution in [0.5, 0.6) is 5.75 Å². The monoisotopic (exact) mass is 454 g/mol. The fourth-order valence-electron chi connectivity index (χ4n) is 3.64. The first-order valence-corrected chi connectivity index (χ1v) is 11.0. The summed E-state index contributed by atoms with van der Waals surface area (Å²) in [7, 11) is 3.33. The summed E-state index contributed by atoms with van der Waals surface area (Å²) in [6.07, 6.45) is 5.00. The molecule has 4 heterocycles. The first-order valence-electron chi connectivity index (χ1n) is 10.2. The molecule has 1 aliphatic heterocycles. The van der Waals surface area contributed by atoms with E-state index < -0.39 is 0 Å². The number of methoxy groups -OCH3 is 1. The number of pyridine rings is 2. The van der Waals surface area contributed by atoms with Gasteiger partial charge in [-0.3, -0.25) is 10.2 Å². The summed E-state index contributed by atoms with van der Waals surface area (Å²) in [5, 5.41) is 16.6. The van der Waals surface area contributed by atoms with E-state index in [1.54, 1.807) is 26.4 Å². The Kier molecular flexibility index (Phi) is 6.54. The maximum absolute atomic E-state index is 10.6. The van der Waals surface area contributed by atoms with Gasteiger partial charge in [-0.2, -0.15) is 0 Å². The van der Waals surface area contributed by atoms with Crippen molar-refractivity contribution in [3.63, 3.8) is 0 Å². The molecule has 10 heteroatoms. The summed E-state index contributed by atoms with van der Waals surface area (Å²) in [4.78, 5) is 14.6. The molecule has 4 rings (SSSR count). The first-order chi connectivity index (χ1) is 15.6. The Hall–Kier alpha value is -3.21. The number of anilines is 2. The van der Waals surface area contributed by atoms with Crippen molar-refractivity contribution in [2.75, 3.05) is 50.8 Å². The molecule has 0 bridgehead atoms. The zero-order valence-corrected chi connectivity index (χ0v) is 19.1. The second-order valence-electron chi connectivity index (χ2n) is 7.20. The van der Waals surface area contributed by atoms with Crippen LogP contribution in [-0.4, -0.2) is 61.3 Å². The molecule has 0 saturated carbocycles. The van der Waals surface area contributed by atoms with E-state index in [1.165, 1.54) is 22.6 Å². The van der Waals surface area contributed by atoms with Crippen LogP contribution in [-0.2, 0) is 4.74 Å². The molecule has 0 aromatic carbocycles. The van der Waals surface area contributed by atoms with Gasteiger partial charge in [0, 0.05) is 36.9 Å². The van der Waals surface area contributed by atoms with Crippen LogP contribution in [0, 0.1) is 6.92 Å². The summed E-state index contributed by atoms with van der Waals surface area (Å²) in [6, 6.07) is 3.91. The van der Waals surface area contributed by atoms with Gasteiger partial charge in [0.25, 0.3) is 0 Å². The first kappa shape index (κ1) is 22.0. The SMILES string of the molecule is CN=C(C=CN)c1cc(-c2cnc3c(c2)OCCN3)nc2sc(N(O)CCOC)c(C)c12. The fraction of sp³-hybridized carbons (Fsp3) is 0.318. The smallest absolute Gasteiger partial charge is 0.168 e. The number of thiophene rings is 1. The molecule has 0 saturated heterocycles. The summed E-state index contributed by atoms with van der Waals surface area (Å²) < 4.78 is 10.9. The van der Waals surface area contributed by atoms with Crippen molar-refractivity contribution in [1.82, 2.24) is 9.97 Å². The van der Waals surface area contributed by atoms with Crippen LogP contribution in [0.3, 0.4) is 0 Å². The van der Waals surface area contributed by atoms with E-state index in [4.69, 9.17) is 20.2 Å². The molecule has 0 fully saturated rings. The second kappa shape index (κ2) is 9.51. The fourth-order valence-corrected chi connectivity index (χ4v) is 4.79. The maximum Gasteiger partial charge on any atom is 0.168 e. The molecule has 168 valence electrons. The number of nitrogens with one attached hydrogen (secondary N) is 1. The summed E-state index contributed by atoms with van der Waals surface area (Å²) in [6.45, 7) is 4.04. The van der Waals surface area contributed by atoms with Gasteiger partial charge in [0.1, 0.15) is 16.4 Å². The predicted octanol–water partition coefficient (Wildman–Crippen LogP) is 3.20. The van der Waals surface area contributed by atoms with E-state index in [0.29, 0.717) is 30.5 Å². The van der Waals surface area contributed by atoms with Gasteiger partial charge < -0.3 is 20.5 Å². The maximum atomic E-state index is 10.6. The second-order valence-corrected chi connectivity index (χ2v) is 8.17. The summed E-state index contributed by atoms with van der Waals surface area (Å²) >= 11 is 1.42. The van der Waals surface area contributed by atoms with Crippen LogP contribution >= 0.6 is 11.3 Å². The van der Waals surface area contributed by atoms with Crippen molar-refractivity contribution < 1.29 is 14.7 Å². The number of allylic oxidation sites excluding steroid dienone is 1. The number of fused-ring (bicyclic) bond motifs is 2. The molecule has 0 amide bonds. The van der Waals surface area contributed by atoms with Crippen molar-refractivity contribution in [3.8, 4) is 17.0 Å². The lowest BCUT2D eigenvalue weighted by Crippen LogP contribution is -2.22. The Bertz CT molecular complexity index is 1190. The van der Waals surface area contributed by atoms with E-state index >= 15 is 0 Å². The van der Waals surface area contributed by atoms with Gasteiger partial charge in [-0.05, 0) is 36.9 Å². The number of nitrogens with zero attached hydrogens (tertiary/aromatic N) is 4. The lowest BCUT2D eigenvalue weighted by molar-refractivity contribution is 0.167. The highest BCUT2D eigenvalue weighted by Crippen LogP contribution is 2.40. The molecule has 0 unspecified atom stereocenters. The quantitative estimate of drug-likeness (QED) is 0.368. The topological polar surface area (TPSA) is 118 Å². The normalized spacial score (nSPS) is 13.8. The zero-order valence-electron chi connectivity index (χ0n) is 18.3. The van der Waals surface area contributed by atoms with E-state index in [-0.39, 0.29) is 0 Å². The van der Waals surface area contributed by atoms with Crippen LogP contribution in [0.15, 0.2) is 35.6 Å². The number of aliphatic imine (C=N–C) groups is 1. The number of nitrogens with two attached hydrogens (primary N) is 1. The molecule has 0 atom stereocenters. The van der Waals surface area contributed by atoms with Gasteiger partial charge >= 0.3 is 0 Å². The third-order valence-corrected chi connectivity index (χ3v) is 6.39. The Labute approximate surface area is 190 Å². The van der Waals surface area contributed by atoms with Crippen molar-refractivity contribution in [3.05, 3.63) is 41.7 Å². The van der Waals surface area contributed by atoms with Crippen LogP contribution in [0.2, 0.25) is 0 Å². The molecular formula is C22H26N6O3S. The molecule has 0 radical (unpaired) electrons. The average Bonchev–Trinajstić information content (AvgIpc) is 3.16. The van der Waals surface area contributed by atoms with Crippen LogP contribution in [0.4, 0.5) is 10.8 Å². The van der Waals surface area contributed by atoms with Crippen molar-refractivity contribution >= 4 is 38.1 Å². The van der Waals surface area contributed by atoms with Gasteiger partial charge in [0.05, 0.1) is 31.1 Å². The third kappa shape index (κ3) is 4.12. The number of hydrogen-bond donors (Lipinski definition) is 3. The molecule has 0 spiro atoms. The van der Waals surface area contributed by atoms with Crippen LogP contribution < -0.4 is 20.9 Å². The lowest BCUT2D eigenvalue weighted by Gasteiger charge is -2.18. The minimum atomic E-state index is 0.350. The standard InChI is InChI=1S/C22H26N6O3S/c1-13-19-15(16(24-2)4-5-23)11-17(14-10-18-20(26-12-14)25-6-8-31-18)27-21(19)32-22(13)28(29)7-9-30-3/h4-5,10-12,29H,6-9,23H2,1-3H3,(H,25,26). The number of hydrogen-bond acceptors (Lipinski definition) is 10. The average molecular weight is 455 g/mol. The Morgan fingerprint density at radius 2 is 2.31 bits per heavy atom. The Morgan fingerprint density at radius 1 is 1.47 bits per heavy atom. The summed E-state index contributed by atoms with van der Waals surface area (Å²) in [5.74, 6) is 1.43. The molecular weight excluding hydrogens is 428 g/mol. The number of aromatic nitrogens is 2. The van der Waals surface area contributed by atoms with Gasteiger partial charge in [-0.15, -0.1) is 0 Å². The van der Waals surface area contributed by atoms with Gasteiger partial charge in [-0.1, -0.05) is 11.3 Å². The Morgan fingerprint density at radius 3 is 3.06 bits per heavy atom. The highest BCUT2D eigenvalue weighted by atomic mass is 32.1. The van der Waals surface area contributed by atoms with Gasteiger partial charge in [-0.25, -0.2) is 15.0 Å². The van der Waals surface area contributed by atoms with E-state index in [9.17, 15) is 5.21 Å². The minimum Gasteiger partial charge on any atom is -0.488 e. The van der Waals surface area contributed by atoms with Crippen molar-refractivity contribution in [1.29, 1.82) is 0 Å². The van der Waals surface area contributed by atoms with Crippen LogP contribution in [0.25, 0.3) is 21.5 Å². The lowest BCUT2D eigenvalue weighted by atomic mass is 10.0. The molecule has 32 heavy (non-hydrogen) atoms. The predicted molar refractivity (Wildman–Crippen MR) is 128 cm³/mol. The number of aryl methyl sites for hydroxylation is 1. The minimum absolute atomic E-state index is 0.350. The molecule has 4 N–H and O–H groups in total. The molecule has 9 nitrogen and oxygen atoms in total. The highest BCUT2D eigenvalue weighted by Gasteiger charge is 2.21. The zero-order chi connectivity index (χ0) is 22.7. The third-order valence-electron chi connectivity index (χ3n) is 5.19. The van der Waals surface area contributed by atoms with Gasteiger partial charge in [0.15, 0.2) is 11.6 Å². The molecule has 3 aromatic rings. The number of ether oxygens (including phenoxy) is 2. The van der Waals surface area contributed by atoms with Crippen LogP contribution in [0.1, 0.15) is 11.1 Å². The van der Waals surface area contributed by atoms with Gasteiger partial charge in [0.2, 0.25) is 0 Å². The summed E-state index contributed by atoms with van der Waals surface area (Å²) in [5.41, 5.74) is 9.77. The van der Waals surface area contributed by atoms with E-state index in [0.717, 1.165) is 50.7 Å². The molecule has 0 aliphatic carbocycles. The Balaban J connectivity index is 1.90. The molecule has 3 aromatic heterocycles. The van der Waals surface area contributed by atoms with E-state index in [1.807, 2.05) is 19.1 Å². The van der Waals surface area contributed by atoms with Crippen molar-refractivity contribution in [2.24, 2.45) is 10.7 Å². The number of hydroxylamine groups is 1.